The van der Waals surface area contributed by atoms with E-state index >= 15 is 0 Å². The molecule has 4 aliphatic rings. The first-order valence-electron chi connectivity index (χ1n) is 13.1. The van der Waals surface area contributed by atoms with Crippen molar-refractivity contribution < 1.29 is 5.11 Å². The highest BCUT2D eigenvalue weighted by molar-refractivity contribution is 5.32. The molecular formula is C29H48O. The molecule has 4 rings (SSSR count). The van der Waals surface area contributed by atoms with Crippen molar-refractivity contribution in [2.75, 3.05) is 0 Å². The molecular weight excluding hydrogens is 364 g/mol. The SMILES string of the molecule is CC(C)[C@@H](C)/C=C/[C@@H](C)[C@H]1CC[C@@]2(C)C3=CC[C@H]4C[C@@H](O)CC[C@]4(C)[C@H]3CC[C@]12C. The van der Waals surface area contributed by atoms with Crippen LogP contribution in [0.2, 0.25) is 0 Å². The molecule has 0 unspecified atom stereocenters. The van der Waals surface area contributed by atoms with Gasteiger partial charge in [-0.05, 0) is 103 Å². The molecule has 1 nitrogen and oxygen atoms in total. The lowest BCUT2D eigenvalue weighted by molar-refractivity contribution is -0.0608. The van der Waals surface area contributed by atoms with Gasteiger partial charge in [0.1, 0.15) is 0 Å². The van der Waals surface area contributed by atoms with Gasteiger partial charge in [-0.1, -0.05) is 72.3 Å². The van der Waals surface area contributed by atoms with E-state index in [1.54, 1.807) is 0 Å². The second kappa shape index (κ2) is 7.79. The maximum atomic E-state index is 10.3. The van der Waals surface area contributed by atoms with Gasteiger partial charge in [0, 0.05) is 0 Å². The fourth-order valence-corrected chi connectivity index (χ4v) is 8.47. The molecule has 0 amide bonds. The van der Waals surface area contributed by atoms with Gasteiger partial charge in [-0.3, -0.25) is 0 Å². The molecule has 0 spiro atoms. The van der Waals surface area contributed by atoms with Crippen LogP contribution in [0.25, 0.3) is 0 Å². The van der Waals surface area contributed by atoms with E-state index in [-0.39, 0.29) is 6.10 Å². The lowest BCUT2D eigenvalue weighted by atomic mass is 9.43. The highest BCUT2D eigenvalue weighted by Gasteiger charge is 2.63. The molecule has 3 saturated carbocycles. The quantitative estimate of drug-likeness (QED) is 0.467. The number of fused-ring (bicyclic) bond motifs is 5. The van der Waals surface area contributed by atoms with Gasteiger partial charge in [-0.25, -0.2) is 0 Å². The van der Waals surface area contributed by atoms with Crippen LogP contribution in [0.4, 0.5) is 0 Å². The van der Waals surface area contributed by atoms with Crippen molar-refractivity contribution in [3.8, 4) is 0 Å². The average molecular weight is 413 g/mol. The monoisotopic (exact) mass is 412 g/mol. The van der Waals surface area contributed by atoms with Crippen LogP contribution in [0.15, 0.2) is 23.8 Å². The summed E-state index contributed by atoms with van der Waals surface area (Å²) in [5, 5.41) is 10.3. The summed E-state index contributed by atoms with van der Waals surface area (Å²) in [4.78, 5) is 0. The van der Waals surface area contributed by atoms with Gasteiger partial charge < -0.3 is 5.11 Å². The maximum Gasteiger partial charge on any atom is 0.0543 e. The zero-order valence-electron chi connectivity index (χ0n) is 20.9. The van der Waals surface area contributed by atoms with Crippen molar-refractivity contribution in [3.05, 3.63) is 23.8 Å². The van der Waals surface area contributed by atoms with Crippen molar-refractivity contribution in [2.24, 2.45) is 51.8 Å². The first-order valence-corrected chi connectivity index (χ1v) is 13.1. The Hall–Kier alpha value is -0.560. The molecule has 30 heavy (non-hydrogen) atoms. The number of aliphatic hydroxyl groups excluding tert-OH is 1. The topological polar surface area (TPSA) is 20.2 Å². The fraction of sp³-hybridized carbons (Fsp3) is 0.862. The first kappa shape index (κ1) is 22.6. The number of aliphatic hydroxyl groups is 1. The Morgan fingerprint density at radius 2 is 1.70 bits per heavy atom. The third kappa shape index (κ3) is 3.28. The van der Waals surface area contributed by atoms with Gasteiger partial charge in [0.2, 0.25) is 0 Å². The summed E-state index contributed by atoms with van der Waals surface area (Å²) >= 11 is 0. The minimum absolute atomic E-state index is 0.0563. The third-order valence-corrected chi connectivity index (χ3v) is 11.3. The second-order valence-electron chi connectivity index (χ2n) is 12.9. The number of rotatable bonds is 4. The Kier molecular flexibility index (Phi) is 5.87. The Bertz CT molecular complexity index is 703. The summed E-state index contributed by atoms with van der Waals surface area (Å²) in [6, 6.07) is 0. The van der Waals surface area contributed by atoms with Gasteiger partial charge in [0.05, 0.1) is 6.10 Å². The zero-order valence-corrected chi connectivity index (χ0v) is 20.9. The van der Waals surface area contributed by atoms with E-state index in [0.29, 0.717) is 34.0 Å². The van der Waals surface area contributed by atoms with Crippen LogP contribution < -0.4 is 0 Å². The molecule has 170 valence electrons. The lowest BCUT2D eigenvalue weighted by Crippen LogP contribution is -2.53. The summed E-state index contributed by atoms with van der Waals surface area (Å²) in [6.45, 7) is 17.4. The minimum atomic E-state index is -0.0563. The summed E-state index contributed by atoms with van der Waals surface area (Å²) in [5.74, 6) is 4.32. The molecule has 4 aliphatic carbocycles. The molecule has 0 saturated heterocycles. The molecule has 1 N–H and O–H groups in total. The maximum absolute atomic E-state index is 10.3. The highest BCUT2D eigenvalue weighted by atomic mass is 16.3. The predicted octanol–water partition coefficient (Wildman–Crippen LogP) is 7.80. The van der Waals surface area contributed by atoms with Crippen molar-refractivity contribution >= 4 is 0 Å². The predicted molar refractivity (Wildman–Crippen MR) is 128 cm³/mol. The third-order valence-electron chi connectivity index (χ3n) is 11.3. The Labute approximate surface area is 186 Å². The normalized spacial score (nSPS) is 48.1. The van der Waals surface area contributed by atoms with E-state index in [1.165, 1.54) is 38.5 Å². The van der Waals surface area contributed by atoms with E-state index in [0.717, 1.165) is 30.6 Å². The molecule has 0 aliphatic heterocycles. The van der Waals surface area contributed by atoms with Crippen molar-refractivity contribution in [2.45, 2.75) is 106 Å². The number of allylic oxidation sites excluding steroid dienone is 4. The Morgan fingerprint density at radius 1 is 0.967 bits per heavy atom. The van der Waals surface area contributed by atoms with E-state index in [1.807, 2.05) is 5.57 Å². The summed E-state index contributed by atoms with van der Waals surface area (Å²) < 4.78 is 0. The first-order chi connectivity index (χ1) is 14.0. The smallest absolute Gasteiger partial charge is 0.0543 e. The Balaban J connectivity index is 1.60. The summed E-state index contributed by atoms with van der Waals surface area (Å²) in [7, 11) is 0. The average Bonchev–Trinajstić information content (AvgIpc) is 2.97. The highest BCUT2D eigenvalue weighted by Crippen LogP contribution is 2.72. The zero-order chi connectivity index (χ0) is 21.9. The number of hydrogen-bond donors (Lipinski definition) is 1. The second-order valence-corrected chi connectivity index (χ2v) is 12.9. The van der Waals surface area contributed by atoms with Crippen molar-refractivity contribution in [3.63, 3.8) is 0 Å². The molecule has 0 aromatic carbocycles. The van der Waals surface area contributed by atoms with Crippen LogP contribution in [0.1, 0.15) is 99.8 Å². The molecule has 0 heterocycles. The van der Waals surface area contributed by atoms with E-state index in [9.17, 15) is 5.11 Å². The van der Waals surface area contributed by atoms with Crippen LogP contribution in [-0.2, 0) is 0 Å². The molecule has 3 fully saturated rings. The van der Waals surface area contributed by atoms with Gasteiger partial charge in [0.25, 0.3) is 0 Å². The molecule has 0 radical (unpaired) electrons. The van der Waals surface area contributed by atoms with E-state index in [4.69, 9.17) is 0 Å². The van der Waals surface area contributed by atoms with Crippen LogP contribution in [0.5, 0.6) is 0 Å². The molecule has 0 aromatic heterocycles. The number of hydrogen-bond acceptors (Lipinski definition) is 1. The van der Waals surface area contributed by atoms with Crippen molar-refractivity contribution in [1.29, 1.82) is 0 Å². The molecule has 0 aromatic rings. The van der Waals surface area contributed by atoms with Crippen LogP contribution in [0, 0.1) is 51.8 Å². The lowest BCUT2D eigenvalue weighted by Gasteiger charge is -2.61. The standard InChI is InChI=1S/C29H48O/c1-19(2)20(3)8-9-21(4)24-13-16-29(7)26-11-10-22-18-23(30)12-15-27(22,5)25(26)14-17-28(24,29)6/h8-9,11,19-25,30H,10,12-18H2,1-7H3/b9-8+/t20-,21+,22-,23-,24+,25-,27-,28+,29-/m0/s1. The molecule has 1 heteroatoms. The molecule has 9 atom stereocenters. The van der Waals surface area contributed by atoms with Crippen LogP contribution in [0.3, 0.4) is 0 Å². The fourth-order valence-electron chi connectivity index (χ4n) is 8.47. The molecule has 0 bridgehead atoms. The van der Waals surface area contributed by atoms with Gasteiger partial charge in [-0.2, -0.15) is 0 Å². The van der Waals surface area contributed by atoms with Gasteiger partial charge in [0.15, 0.2) is 0 Å². The van der Waals surface area contributed by atoms with E-state index < -0.39 is 0 Å². The van der Waals surface area contributed by atoms with Gasteiger partial charge >= 0.3 is 0 Å². The van der Waals surface area contributed by atoms with E-state index in [2.05, 4.69) is 66.7 Å². The summed E-state index contributed by atoms with van der Waals surface area (Å²) in [5.41, 5.74) is 3.05. The van der Waals surface area contributed by atoms with Gasteiger partial charge in [-0.15, -0.1) is 0 Å². The van der Waals surface area contributed by atoms with Crippen LogP contribution >= 0.6 is 0 Å². The summed E-state index contributed by atoms with van der Waals surface area (Å²) in [6.07, 6.45) is 17.7. The van der Waals surface area contributed by atoms with Crippen LogP contribution in [-0.4, -0.2) is 11.2 Å². The van der Waals surface area contributed by atoms with Crippen molar-refractivity contribution in [1.82, 2.24) is 0 Å². The Morgan fingerprint density at radius 3 is 2.40 bits per heavy atom. The largest absolute Gasteiger partial charge is 0.393 e. The minimum Gasteiger partial charge on any atom is -0.393 e.